The first-order valence-electron chi connectivity index (χ1n) is 4.90. The Morgan fingerprint density at radius 2 is 2.27 bits per heavy atom. The van der Waals surface area contributed by atoms with E-state index in [1.165, 1.54) is 0 Å². The number of likely N-dealkylation sites (N-methyl/N-ethyl adjacent to an activating group) is 1. The van der Waals surface area contributed by atoms with Gasteiger partial charge in [-0.15, -0.1) is 0 Å². The van der Waals surface area contributed by atoms with Gasteiger partial charge in [0.25, 0.3) is 0 Å². The van der Waals surface area contributed by atoms with Gasteiger partial charge in [-0.25, -0.2) is 4.98 Å². The van der Waals surface area contributed by atoms with Crippen molar-refractivity contribution in [3.05, 3.63) is 11.8 Å². The Bertz CT molecular complexity index is 316. The molecule has 1 aromatic rings. The molecular formula is C10H18N4O. The highest BCUT2D eigenvalue weighted by Crippen LogP contribution is 2.15. The number of methoxy groups -OCH3 is 1. The van der Waals surface area contributed by atoms with E-state index in [2.05, 4.69) is 20.2 Å². The van der Waals surface area contributed by atoms with Crippen LogP contribution >= 0.6 is 0 Å². The molecule has 1 aromatic heterocycles. The van der Waals surface area contributed by atoms with Crippen LogP contribution in [0.4, 0.5) is 11.8 Å². The van der Waals surface area contributed by atoms with Gasteiger partial charge in [-0.05, 0) is 6.92 Å². The molecule has 0 aliphatic rings. The minimum atomic E-state index is 0.639. The average Bonchev–Trinajstić information content (AvgIpc) is 2.26. The highest BCUT2D eigenvalue weighted by Gasteiger charge is 2.07. The lowest BCUT2D eigenvalue weighted by molar-refractivity contribution is 0.206. The molecule has 0 spiro atoms. The maximum atomic E-state index is 5.03. The van der Waals surface area contributed by atoms with Gasteiger partial charge in [0.05, 0.1) is 6.61 Å². The lowest BCUT2D eigenvalue weighted by Gasteiger charge is -2.19. The van der Waals surface area contributed by atoms with Gasteiger partial charge in [0.15, 0.2) is 0 Å². The number of nitrogens with one attached hydrogen (secondary N) is 1. The third-order valence-electron chi connectivity index (χ3n) is 2.16. The second-order valence-electron chi connectivity index (χ2n) is 3.36. The normalized spacial score (nSPS) is 10.1. The summed E-state index contributed by atoms with van der Waals surface area (Å²) in [5.41, 5.74) is 1.06. The molecule has 0 saturated heterocycles. The van der Waals surface area contributed by atoms with E-state index in [4.69, 9.17) is 4.74 Å². The van der Waals surface area contributed by atoms with Crippen molar-refractivity contribution in [3.63, 3.8) is 0 Å². The fourth-order valence-corrected chi connectivity index (χ4v) is 1.27. The van der Waals surface area contributed by atoms with Crippen molar-refractivity contribution in [2.45, 2.75) is 6.92 Å². The molecule has 5 heteroatoms. The van der Waals surface area contributed by atoms with E-state index in [-0.39, 0.29) is 0 Å². The van der Waals surface area contributed by atoms with Gasteiger partial charge in [0.2, 0.25) is 5.95 Å². The van der Waals surface area contributed by atoms with Crippen LogP contribution in [0, 0.1) is 6.92 Å². The van der Waals surface area contributed by atoms with Gasteiger partial charge in [-0.1, -0.05) is 0 Å². The van der Waals surface area contributed by atoms with Gasteiger partial charge in [-0.3, -0.25) is 0 Å². The summed E-state index contributed by atoms with van der Waals surface area (Å²) in [6.45, 7) is 3.50. The van der Waals surface area contributed by atoms with Gasteiger partial charge >= 0.3 is 0 Å². The number of hydrogen-bond donors (Lipinski definition) is 1. The monoisotopic (exact) mass is 210 g/mol. The SMILES string of the molecule is CNc1ncc(C)c(N(C)CCOC)n1. The predicted molar refractivity (Wildman–Crippen MR) is 61.5 cm³/mol. The van der Waals surface area contributed by atoms with Gasteiger partial charge < -0.3 is 15.0 Å². The fourth-order valence-electron chi connectivity index (χ4n) is 1.27. The summed E-state index contributed by atoms with van der Waals surface area (Å²) in [6.07, 6.45) is 1.82. The van der Waals surface area contributed by atoms with Crippen LogP contribution in [0.2, 0.25) is 0 Å². The van der Waals surface area contributed by atoms with Crippen LogP contribution in [0.15, 0.2) is 6.20 Å². The highest BCUT2D eigenvalue weighted by atomic mass is 16.5. The predicted octanol–water partition coefficient (Wildman–Crippen LogP) is 0.909. The Labute approximate surface area is 90.5 Å². The fraction of sp³-hybridized carbons (Fsp3) is 0.600. The first kappa shape index (κ1) is 11.7. The van der Waals surface area contributed by atoms with E-state index >= 15 is 0 Å². The minimum Gasteiger partial charge on any atom is -0.383 e. The van der Waals surface area contributed by atoms with E-state index in [1.807, 2.05) is 27.2 Å². The standard InChI is InChI=1S/C10H18N4O/c1-8-7-12-10(11-2)13-9(8)14(3)5-6-15-4/h7H,5-6H2,1-4H3,(H,11,12,13). The van der Waals surface area contributed by atoms with Crippen LogP contribution in [0.3, 0.4) is 0 Å². The third kappa shape index (κ3) is 3.06. The second-order valence-corrected chi connectivity index (χ2v) is 3.36. The number of ether oxygens (including phenoxy) is 1. The molecule has 1 heterocycles. The number of hydrogen-bond acceptors (Lipinski definition) is 5. The topological polar surface area (TPSA) is 50.3 Å². The van der Waals surface area contributed by atoms with E-state index in [1.54, 1.807) is 7.11 Å². The van der Waals surface area contributed by atoms with E-state index in [0.717, 1.165) is 17.9 Å². The maximum Gasteiger partial charge on any atom is 0.224 e. The quantitative estimate of drug-likeness (QED) is 0.782. The maximum absolute atomic E-state index is 5.03. The Balaban J connectivity index is 2.81. The molecule has 0 aliphatic heterocycles. The van der Waals surface area contributed by atoms with Gasteiger partial charge in [-0.2, -0.15) is 4.98 Å². The molecule has 0 bridgehead atoms. The third-order valence-corrected chi connectivity index (χ3v) is 2.16. The summed E-state index contributed by atoms with van der Waals surface area (Å²) in [5.74, 6) is 1.58. The Morgan fingerprint density at radius 3 is 2.87 bits per heavy atom. The Kier molecular flexibility index (Phi) is 4.30. The lowest BCUT2D eigenvalue weighted by Crippen LogP contribution is -2.24. The molecule has 15 heavy (non-hydrogen) atoms. The lowest BCUT2D eigenvalue weighted by atomic mass is 10.3. The highest BCUT2D eigenvalue weighted by molar-refractivity contribution is 5.48. The van der Waals surface area contributed by atoms with Gasteiger partial charge in [0.1, 0.15) is 5.82 Å². The molecule has 0 fully saturated rings. The molecule has 5 nitrogen and oxygen atoms in total. The van der Waals surface area contributed by atoms with Crippen LogP contribution in [0.1, 0.15) is 5.56 Å². The summed E-state index contributed by atoms with van der Waals surface area (Å²) < 4.78 is 5.03. The van der Waals surface area contributed by atoms with E-state index in [0.29, 0.717) is 12.6 Å². The van der Waals surface area contributed by atoms with Crippen molar-refractivity contribution in [3.8, 4) is 0 Å². The van der Waals surface area contributed by atoms with Gasteiger partial charge in [0, 0.05) is 39.5 Å². The van der Waals surface area contributed by atoms with E-state index < -0.39 is 0 Å². The van der Waals surface area contributed by atoms with Crippen LogP contribution in [-0.2, 0) is 4.74 Å². The Morgan fingerprint density at radius 1 is 1.53 bits per heavy atom. The van der Waals surface area contributed by atoms with Crippen LogP contribution in [0.5, 0.6) is 0 Å². The molecule has 0 aliphatic carbocycles. The summed E-state index contributed by atoms with van der Waals surface area (Å²) in [5, 5.41) is 2.93. The van der Waals surface area contributed by atoms with E-state index in [9.17, 15) is 0 Å². The molecule has 0 radical (unpaired) electrons. The molecule has 0 atom stereocenters. The largest absolute Gasteiger partial charge is 0.383 e. The first-order valence-corrected chi connectivity index (χ1v) is 4.90. The van der Waals surface area contributed by atoms with Crippen molar-refractivity contribution in [1.82, 2.24) is 9.97 Å². The molecule has 0 saturated carbocycles. The average molecular weight is 210 g/mol. The number of aryl methyl sites for hydroxylation is 1. The van der Waals surface area contributed by atoms with Crippen LogP contribution < -0.4 is 10.2 Å². The molecule has 0 aromatic carbocycles. The number of rotatable bonds is 5. The minimum absolute atomic E-state index is 0.639. The summed E-state index contributed by atoms with van der Waals surface area (Å²) in [6, 6.07) is 0. The molecule has 1 N–H and O–H groups in total. The van der Waals surface area contributed by atoms with Crippen molar-refractivity contribution >= 4 is 11.8 Å². The molecular weight excluding hydrogens is 192 g/mol. The zero-order valence-corrected chi connectivity index (χ0v) is 9.74. The number of nitrogens with zero attached hydrogens (tertiary/aromatic N) is 3. The molecule has 84 valence electrons. The summed E-state index contributed by atoms with van der Waals surface area (Å²) in [7, 11) is 5.50. The van der Waals surface area contributed by atoms with Crippen LogP contribution in [-0.4, -0.2) is 44.3 Å². The smallest absolute Gasteiger partial charge is 0.224 e. The number of anilines is 2. The van der Waals surface area contributed by atoms with Crippen molar-refractivity contribution in [2.24, 2.45) is 0 Å². The second kappa shape index (κ2) is 5.50. The van der Waals surface area contributed by atoms with Crippen molar-refractivity contribution in [2.75, 3.05) is 44.6 Å². The number of aromatic nitrogens is 2. The zero-order chi connectivity index (χ0) is 11.3. The Hall–Kier alpha value is -1.36. The zero-order valence-electron chi connectivity index (χ0n) is 9.74. The first-order chi connectivity index (χ1) is 7.19. The van der Waals surface area contributed by atoms with Crippen molar-refractivity contribution < 1.29 is 4.74 Å². The van der Waals surface area contributed by atoms with Crippen molar-refractivity contribution in [1.29, 1.82) is 0 Å². The summed E-state index contributed by atoms with van der Waals surface area (Å²) >= 11 is 0. The summed E-state index contributed by atoms with van der Waals surface area (Å²) in [4.78, 5) is 10.6. The molecule has 0 amide bonds. The molecule has 0 unspecified atom stereocenters. The molecule has 1 rings (SSSR count). The van der Waals surface area contributed by atoms with Crippen LogP contribution in [0.25, 0.3) is 0 Å².